The fourth-order valence-electron chi connectivity index (χ4n) is 3.48. The molecular formula is C26H19N3O3S2. The van der Waals surface area contributed by atoms with Crippen LogP contribution in [0.1, 0.15) is 10.4 Å². The van der Waals surface area contributed by atoms with Gasteiger partial charge in [-0.15, -0.1) is 0 Å². The number of anilines is 2. The van der Waals surface area contributed by atoms with Gasteiger partial charge in [-0.3, -0.25) is 9.52 Å². The smallest absolute Gasteiger partial charge is 0.263 e. The van der Waals surface area contributed by atoms with Crippen LogP contribution in [0.5, 0.6) is 0 Å². The number of hydrogen-bond acceptors (Lipinski definition) is 5. The minimum atomic E-state index is -3.82. The average Bonchev–Trinajstić information content (AvgIpc) is 3.32. The van der Waals surface area contributed by atoms with E-state index in [0.29, 0.717) is 11.3 Å². The molecule has 0 bridgehead atoms. The monoisotopic (exact) mass is 485 g/mol. The van der Waals surface area contributed by atoms with E-state index in [9.17, 15) is 13.2 Å². The van der Waals surface area contributed by atoms with Crippen molar-refractivity contribution in [3.05, 3.63) is 109 Å². The quantitative estimate of drug-likeness (QED) is 0.308. The average molecular weight is 486 g/mol. The first-order valence-electron chi connectivity index (χ1n) is 10.4. The molecule has 0 aliphatic rings. The molecule has 1 amide bonds. The molecule has 168 valence electrons. The number of thiazole rings is 1. The Kier molecular flexibility index (Phi) is 5.83. The van der Waals surface area contributed by atoms with Crippen LogP contribution in [0.2, 0.25) is 0 Å². The minimum absolute atomic E-state index is 0.0765. The topological polar surface area (TPSA) is 88.2 Å². The van der Waals surface area contributed by atoms with Crippen LogP contribution in [0, 0.1) is 0 Å². The Labute approximate surface area is 201 Å². The summed E-state index contributed by atoms with van der Waals surface area (Å²) in [4.78, 5) is 17.8. The lowest BCUT2D eigenvalue weighted by molar-refractivity contribution is 0.102. The molecule has 8 heteroatoms. The van der Waals surface area contributed by atoms with Gasteiger partial charge >= 0.3 is 0 Å². The number of aromatic nitrogens is 1. The fourth-order valence-corrected chi connectivity index (χ4v) is 5.55. The highest BCUT2D eigenvalue weighted by molar-refractivity contribution is 7.93. The zero-order valence-electron chi connectivity index (χ0n) is 17.8. The lowest BCUT2D eigenvalue weighted by Crippen LogP contribution is -2.14. The highest BCUT2D eigenvalue weighted by Gasteiger charge is 2.17. The Morgan fingerprint density at radius 1 is 0.794 bits per heavy atom. The summed E-state index contributed by atoms with van der Waals surface area (Å²) in [6.07, 6.45) is 1.64. The van der Waals surface area contributed by atoms with Crippen molar-refractivity contribution in [1.82, 2.24) is 4.98 Å². The van der Waals surface area contributed by atoms with Crippen LogP contribution in [0.15, 0.2) is 108 Å². The van der Waals surface area contributed by atoms with Crippen molar-refractivity contribution in [2.75, 3.05) is 10.0 Å². The summed E-state index contributed by atoms with van der Waals surface area (Å²) in [7, 11) is -3.82. The summed E-state index contributed by atoms with van der Waals surface area (Å²) in [6.45, 7) is 0. The van der Waals surface area contributed by atoms with Crippen LogP contribution < -0.4 is 10.0 Å². The Morgan fingerprint density at radius 2 is 1.50 bits per heavy atom. The minimum Gasteiger partial charge on any atom is -0.322 e. The second-order valence-electron chi connectivity index (χ2n) is 7.54. The van der Waals surface area contributed by atoms with Crippen molar-refractivity contribution in [2.24, 2.45) is 0 Å². The number of amides is 1. The lowest BCUT2D eigenvalue weighted by Gasteiger charge is -2.08. The van der Waals surface area contributed by atoms with E-state index < -0.39 is 10.0 Å². The first-order chi connectivity index (χ1) is 16.5. The summed E-state index contributed by atoms with van der Waals surface area (Å²) in [5.74, 6) is -0.268. The van der Waals surface area contributed by atoms with Gasteiger partial charge in [0.05, 0.1) is 9.77 Å². The molecule has 5 aromatic rings. The summed E-state index contributed by atoms with van der Waals surface area (Å²) in [5, 5.41) is 5.12. The molecule has 0 saturated carbocycles. The molecule has 0 fully saturated rings. The van der Waals surface area contributed by atoms with Gasteiger partial charge < -0.3 is 5.32 Å². The predicted octanol–water partition coefficient (Wildman–Crippen LogP) is 6.02. The maximum atomic E-state index is 12.8. The molecule has 1 heterocycles. The molecule has 2 N–H and O–H groups in total. The van der Waals surface area contributed by atoms with Crippen LogP contribution in [0.25, 0.3) is 21.2 Å². The maximum absolute atomic E-state index is 12.8. The second kappa shape index (κ2) is 9.09. The molecule has 4 aromatic carbocycles. The molecule has 34 heavy (non-hydrogen) atoms. The predicted molar refractivity (Wildman–Crippen MR) is 137 cm³/mol. The normalized spacial score (nSPS) is 11.3. The molecule has 0 unspecified atom stereocenters. The van der Waals surface area contributed by atoms with Crippen molar-refractivity contribution < 1.29 is 13.2 Å². The number of nitrogens with one attached hydrogen (secondary N) is 2. The third-order valence-electron chi connectivity index (χ3n) is 5.22. The van der Waals surface area contributed by atoms with Crippen molar-refractivity contribution in [1.29, 1.82) is 0 Å². The Bertz CT molecular complexity index is 1580. The van der Waals surface area contributed by atoms with Crippen LogP contribution >= 0.6 is 11.3 Å². The number of nitrogens with zero attached hydrogens (tertiary/aromatic N) is 1. The molecule has 6 nitrogen and oxygen atoms in total. The fraction of sp³-hybridized carbons (Fsp3) is 0. The zero-order valence-corrected chi connectivity index (χ0v) is 19.4. The van der Waals surface area contributed by atoms with Crippen molar-refractivity contribution in [3.63, 3.8) is 0 Å². The van der Waals surface area contributed by atoms with E-state index in [1.165, 1.54) is 23.5 Å². The van der Waals surface area contributed by atoms with Gasteiger partial charge in [0.1, 0.15) is 0 Å². The summed E-state index contributed by atoms with van der Waals surface area (Å²) in [6, 6.07) is 28.9. The van der Waals surface area contributed by atoms with E-state index in [1.807, 2.05) is 66.7 Å². The zero-order chi connectivity index (χ0) is 23.5. The van der Waals surface area contributed by atoms with Gasteiger partial charge in [0.2, 0.25) is 0 Å². The second-order valence-corrected chi connectivity index (χ2v) is 10.3. The third-order valence-corrected chi connectivity index (χ3v) is 7.67. The molecule has 0 aliphatic carbocycles. The van der Waals surface area contributed by atoms with E-state index in [0.717, 1.165) is 21.2 Å². The van der Waals surface area contributed by atoms with Crippen molar-refractivity contribution in [3.8, 4) is 10.4 Å². The van der Waals surface area contributed by atoms with E-state index in [-0.39, 0.29) is 15.9 Å². The van der Waals surface area contributed by atoms with E-state index in [1.54, 1.807) is 24.4 Å². The summed E-state index contributed by atoms with van der Waals surface area (Å²) < 4.78 is 28.1. The lowest BCUT2D eigenvalue weighted by atomic mass is 10.1. The van der Waals surface area contributed by atoms with E-state index in [4.69, 9.17) is 0 Å². The Hall–Kier alpha value is -4.01. The highest BCUT2D eigenvalue weighted by atomic mass is 32.2. The van der Waals surface area contributed by atoms with E-state index in [2.05, 4.69) is 15.0 Å². The van der Waals surface area contributed by atoms with Gasteiger partial charge in [-0.2, -0.15) is 0 Å². The maximum Gasteiger partial charge on any atom is 0.263 e. The van der Waals surface area contributed by atoms with Crippen molar-refractivity contribution >= 4 is 48.9 Å². The Balaban J connectivity index is 1.28. The van der Waals surface area contributed by atoms with Gasteiger partial charge in [-0.1, -0.05) is 72.0 Å². The van der Waals surface area contributed by atoms with Crippen LogP contribution in [0.3, 0.4) is 0 Å². The van der Waals surface area contributed by atoms with Gasteiger partial charge in [0.15, 0.2) is 5.13 Å². The third kappa shape index (κ3) is 4.68. The highest BCUT2D eigenvalue weighted by Crippen LogP contribution is 2.30. The number of fused-ring (bicyclic) bond motifs is 1. The molecule has 0 atom stereocenters. The number of carbonyl (C=O) groups is 1. The molecule has 5 rings (SSSR count). The molecule has 0 spiro atoms. The van der Waals surface area contributed by atoms with Gasteiger partial charge in [-0.05, 0) is 52.7 Å². The van der Waals surface area contributed by atoms with Gasteiger partial charge in [-0.25, -0.2) is 13.4 Å². The summed E-state index contributed by atoms with van der Waals surface area (Å²) >= 11 is 1.26. The Morgan fingerprint density at radius 3 is 2.26 bits per heavy atom. The van der Waals surface area contributed by atoms with Crippen LogP contribution in [0.4, 0.5) is 10.8 Å². The molecule has 0 aliphatic heterocycles. The standard InChI is InChI=1S/C26H19N3O3S2/c30-25(21-11-10-18-6-4-5-9-20(18)16-21)28-22-12-14-23(15-13-22)34(31,32)29-26-27-17-24(33-26)19-7-2-1-3-8-19/h1-17H,(H,27,29)(H,28,30). The first-order valence-corrected chi connectivity index (χ1v) is 12.7. The van der Waals surface area contributed by atoms with Crippen LogP contribution in [-0.2, 0) is 10.0 Å². The van der Waals surface area contributed by atoms with Gasteiger partial charge in [0, 0.05) is 17.4 Å². The van der Waals surface area contributed by atoms with E-state index >= 15 is 0 Å². The van der Waals surface area contributed by atoms with Crippen LogP contribution in [-0.4, -0.2) is 19.3 Å². The summed E-state index contributed by atoms with van der Waals surface area (Å²) in [5.41, 5.74) is 1.99. The molecule has 0 saturated heterocycles. The molecular weight excluding hydrogens is 466 g/mol. The number of sulfonamides is 1. The molecule has 0 radical (unpaired) electrons. The number of rotatable bonds is 6. The first kappa shape index (κ1) is 21.8. The number of hydrogen-bond donors (Lipinski definition) is 2. The SMILES string of the molecule is O=C(Nc1ccc(S(=O)(=O)Nc2ncc(-c3ccccc3)s2)cc1)c1ccc2ccccc2c1. The van der Waals surface area contributed by atoms with Crippen molar-refractivity contribution in [2.45, 2.75) is 4.90 Å². The van der Waals surface area contributed by atoms with Gasteiger partial charge in [0.25, 0.3) is 15.9 Å². The largest absolute Gasteiger partial charge is 0.322 e. The molecule has 1 aromatic heterocycles. The number of carbonyl (C=O) groups excluding carboxylic acids is 1. The number of benzene rings is 4.